The highest BCUT2D eigenvalue weighted by Gasteiger charge is 2.26. The molecule has 1 aliphatic rings. The SMILES string of the molecule is Cn1cc2c(n1)-n1cnc(C(=O)O)c1CO2. The van der Waals surface area contributed by atoms with E-state index < -0.39 is 5.97 Å². The molecule has 0 amide bonds. The van der Waals surface area contributed by atoms with Crippen molar-refractivity contribution in [3.8, 4) is 11.6 Å². The van der Waals surface area contributed by atoms with Crippen molar-refractivity contribution in [3.63, 3.8) is 0 Å². The van der Waals surface area contributed by atoms with Crippen molar-refractivity contribution >= 4 is 5.97 Å². The number of carboxylic acids is 1. The van der Waals surface area contributed by atoms with E-state index in [0.29, 0.717) is 17.3 Å². The monoisotopic (exact) mass is 220 g/mol. The molecule has 0 fully saturated rings. The van der Waals surface area contributed by atoms with Gasteiger partial charge in [-0.25, -0.2) is 9.78 Å². The maximum atomic E-state index is 10.9. The minimum atomic E-state index is -1.06. The largest absolute Gasteiger partial charge is 0.482 e. The molecule has 2 aromatic heterocycles. The fourth-order valence-electron chi connectivity index (χ4n) is 1.74. The highest BCUT2D eigenvalue weighted by atomic mass is 16.5. The van der Waals surface area contributed by atoms with E-state index in [0.717, 1.165) is 0 Å². The Hall–Kier alpha value is -2.31. The van der Waals surface area contributed by atoms with Gasteiger partial charge in [0.25, 0.3) is 0 Å². The van der Waals surface area contributed by atoms with Gasteiger partial charge in [-0.05, 0) is 0 Å². The summed E-state index contributed by atoms with van der Waals surface area (Å²) in [4.78, 5) is 14.7. The summed E-state index contributed by atoms with van der Waals surface area (Å²) in [5.74, 6) is 0.143. The minimum Gasteiger partial charge on any atom is -0.482 e. The summed E-state index contributed by atoms with van der Waals surface area (Å²) >= 11 is 0. The number of ether oxygens (including phenoxy) is 1. The number of imidazole rings is 1. The lowest BCUT2D eigenvalue weighted by molar-refractivity contribution is 0.0687. The van der Waals surface area contributed by atoms with Crippen LogP contribution in [0.25, 0.3) is 5.82 Å². The van der Waals surface area contributed by atoms with Crippen molar-refractivity contribution in [3.05, 3.63) is 23.9 Å². The van der Waals surface area contributed by atoms with E-state index in [4.69, 9.17) is 9.84 Å². The molecular weight excluding hydrogens is 212 g/mol. The van der Waals surface area contributed by atoms with Gasteiger partial charge in [0.05, 0.1) is 11.9 Å². The van der Waals surface area contributed by atoms with Crippen molar-refractivity contribution in [2.24, 2.45) is 7.05 Å². The number of carbonyl (C=O) groups is 1. The molecule has 82 valence electrons. The first kappa shape index (κ1) is 8.96. The number of aryl methyl sites for hydroxylation is 1. The molecule has 1 aliphatic heterocycles. The Kier molecular flexibility index (Phi) is 1.59. The van der Waals surface area contributed by atoms with Crippen LogP contribution in [0, 0.1) is 0 Å². The van der Waals surface area contributed by atoms with Gasteiger partial charge in [0, 0.05) is 7.05 Å². The van der Waals surface area contributed by atoms with E-state index in [9.17, 15) is 4.79 Å². The maximum absolute atomic E-state index is 10.9. The van der Waals surface area contributed by atoms with E-state index >= 15 is 0 Å². The van der Waals surface area contributed by atoms with Gasteiger partial charge in [0.1, 0.15) is 12.9 Å². The Balaban J connectivity index is 2.22. The zero-order chi connectivity index (χ0) is 11.3. The zero-order valence-corrected chi connectivity index (χ0v) is 8.41. The first-order valence-corrected chi connectivity index (χ1v) is 4.63. The third-order valence-corrected chi connectivity index (χ3v) is 2.44. The highest BCUT2D eigenvalue weighted by Crippen LogP contribution is 2.29. The van der Waals surface area contributed by atoms with Gasteiger partial charge in [-0.3, -0.25) is 9.25 Å². The second-order valence-corrected chi connectivity index (χ2v) is 3.49. The number of rotatable bonds is 1. The van der Waals surface area contributed by atoms with E-state index in [1.165, 1.54) is 6.33 Å². The standard InChI is InChI=1S/C9H8N4O3/c1-12-2-6-8(11-12)13-4-10-7(9(14)15)5(13)3-16-6/h2,4H,3H2,1H3,(H,14,15). The molecule has 0 aliphatic carbocycles. The summed E-state index contributed by atoms with van der Waals surface area (Å²) in [6.45, 7) is 0.195. The van der Waals surface area contributed by atoms with Crippen LogP contribution in [0.3, 0.4) is 0 Å². The molecule has 0 spiro atoms. The first-order valence-electron chi connectivity index (χ1n) is 4.63. The second-order valence-electron chi connectivity index (χ2n) is 3.49. The Morgan fingerprint density at radius 3 is 3.19 bits per heavy atom. The summed E-state index contributed by atoms with van der Waals surface area (Å²) in [5, 5.41) is 13.1. The van der Waals surface area contributed by atoms with Crippen LogP contribution in [-0.4, -0.2) is 30.4 Å². The zero-order valence-electron chi connectivity index (χ0n) is 8.41. The number of aromatic carboxylic acids is 1. The Morgan fingerprint density at radius 2 is 2.44 bits per heavy atom. The molecular formula is C9H8N4O3. The Bertz CT molecular complexity index is 584. The molecule has 0 saturated carbocycles. The molecule has 3 rings (SSSR count). The normalized spacial score (nSPS) is 12.8. The molecule has 2 aromatic rings. The van der Waals surface area contributed by atoms with Crippen LogP contribution in [0.15, 0.2) is 12.5 Å². The second kappa shape index (κ2) is 2.84. The van der Waals surface area contributed by atoms with Gasteiger partial charge in [-0.2, -0.15) is 5.10 Å². The van der Waals surface area contributed by atoms with Gasteiger partial charge in [0.2, 0.25) is 5.82 Å². The molecule has 0 saturated heterocycles. The maximum Gasteiger partial charge on any atom is 0.356 e. The minimum absolute atomic E-state index is 0.0105. The van der Waals surface area contributed by atoms with Gasteiger partial charge >= 0.3 is 5.97 Å². The topological polar surface area (TPSA) is 82.2 Å². The summed E-state index contributed by atoms with van der Waals surface area (Å²) in [6.07, 6.45) is 3.19. The quantitative estimate of drug-likeness (QED) is 0.742. The highest BCUT2D eigenvalue weighted by molar-refractivity contribution is 5.87. The van der Waals surface area contributed by atoms with Gasteiger partial charge in [0.15, 0.2) is 11.4 Å². The van der Waals surface area contributed by atoms with E-state index in [2.05, 4.69) is 10.1 Å². The van der Waals surface area contributed by atoms with Crippen LogP contribution >= 0.6 is 0 Å². The van der Waals surface area contributed by atoms with E-state index in [1.54, 1.807) is 22.5 Å². The van der Waals surface area contributed by atoms with Crippen LogP contribution in [-0.2, 0) is 13.7 Å². The molecule has 3 heterocycles. The Morgan fingerprint density at radius 1 is 1.62 bits per heavy atom. The predicted molar refractivity (Wildman–Crippen MR) is 51.6 cm³/mol. The van der Waals surface area contributed by atoms with Gasteiger partial charge in [-0.1, -0.05) is 0 Å². The average molecular weight is 220 g/mol. The van der Waals surface area contributed by atoms with Crippen molar-refractivity contribution in [1.29, 1.82) is 0 Å². The van der Waals surface area contributed by atoms with Crippen LogP contribution in [0.1, 0.15) is 16.2 Å². The third kappa shape index (κ3) is 1.05. The lowest BCUT2D eigenvalue weighted by Crippen LogP contribution is -2.14. The molecule has 0 aromatic carbocycles. The average Bonchev–Trinajstić information content (AvgIpc) is 2.77. The van der Waals surface area contributed by atoms with Crippen molar-refractivity contribution in [2.45, 2.75) is 6.61 Å². The molecule has 0 bridgehead atoms. The Labute approximate surface area is 89.9 Å². The van der Waals surface area contributed by atoms with Crippen molar-refractivity contribution in [2.75, 3.05) is 0 Å². The first-order chi connectivity index (χ1) is 7.66. The number of nitrogens with zero attached hydrogens (tertiary/aromatic N) is 4. The molecule has 7 nitrogen and oxygen atoms in total. The molecule has 1 N–H and O–H groups in total. The molecule has 0 atom stereocenters. The van der Waals surface area contributed by atoms with E-state index in [-0.39, 0.29) is 12.3 Å². The van der Waals surface area contributed by atoms with Crippen LogP contribution < -0.4 is 4.74 Å². The lowest BCUT2D eigenvalue weighted by atomic mass is 10.3. The summed E-state index contributed by atoms with van der Waals surface area (Å²) in [7, 11) is 1.77. The van der Waals surface area contributed by atoms with Crippen LogP contribution in [0.2, 0.25) is 0 Å². The molecule has 0 radical (unpaired) electrons. The van der Waals surface area contributed by atoms with Gasteiger partial charge in [-0.15, -0.1) is 0 Å². The van der Waals surface area contributed by atoms with Gasteiger partial charge < -0.3 is 9.84 Å². The summed E-state index contributed by atoms with van der Waals surface area (Å²) in [6, 6.07) is 0. The van der Waals surface area contributed by atoms with Crippen molar-refractivity contribution in [1.82, 2.24) is 19.3 Å². The number of fused-ring (bicyclic) bond motifs is 3. The predicted octanol–water partition coefficient (Wildman–Crippen LogP) is 0.196. The van der Waals surface area contributed by atoms with Crippen LogP contribution in [0.5, 0.6) is 5.75 Å². The fourth-order valence-corrected chi connectivity index (χ4v) is 1.74. The molecule has 0 unspecified atom stereocenters. The lowest BCUT2D eigenvalue weighted by Gasteiger charge is -2.14. The van der Waals surface area contributed by atoms with Crippen molar-refractivity contribution < 1.29 is 14.6 Å². The molecule has 7 heteroatoms. The van der Waals surface area contributed by atoms with Crippen LogP contribution in [0.4, 0.5) is 0 Å². The number of aromatic nitrogens is 4. The third-order valence-electron chi connectivity index (χ3n) is 2.44. The number of hydrogen-bond donors (Lipinski definition) is 1. The summed E-state index contributed by atoms with van der Waals surface area (Å²) in [5.41, 5.74) is 0.523. The smallest absolute Gasteiger partial charge is 0.356 e. The number of carboxylic acid groups (broad SMARTS) is 1. The van der Waals surface area contributed by atoms with E-state index in [1.807, 2.05) is 0 Å². The fraction of sp³-hybridized carbons (Fsp3) is 0.222. The number of hydrogen-bond acceptors (Lipinski definition) is 4. The molecule has 16 heavy (non-hydrogen) atoms. The summed E-state index contributed by atoms with van der Waals surface area (Å²) < 4.78 is 8.66.